The summed E-state index contributed by atoms with van der Waals surface area (Å²) >= 11 is 7.66. The van der Waals surface area contributed by atoms with Crippen molar-refractivity contribution in [3.63, 3.8) is 0 Å². The molecule has 2 aromatic carbocycles. The van der Waals surface area contributed by atoms with E-state index in [1.165, 1.54) is 23.5 Å². The van der Waals surface area contributed by atoms with Crippen LogP contribution in [0.5, 0.6) is 0 Å². The molecule has 0 radical (unpaired) electrons. The third-order valence-corrected chi connectivity index (χ3v) is 5.32. The van der Waals surface area contributed by atoms with Crippen molar-refractivity contribution in [2.45, 2.75) is 6.92 Å². The van der Waals surface area contributed by atoms with Gasteiger partial charge in [-0.1, -0.05) is 29.8 Å². The molecule has 0 saturated carbocycles. The molecule has 0 fully saturated rings. The van der Waals surface area contributed by atoms with Gasteiger partial charge in [-0.15, -0.1) is 11.3 Å². The lowest BCUT2D eigenvalue weighted by Crippen LogP contribution is -2.03. The van der Waals surface area contributed by atoms with Crippen LogP contribution < -0.4 is 5.43 Å². The molecular weight excluding hydrogens is 321 g/mol. The fraction of sp³-hybridized carbons (Fsp3) is 0.0588. The Balaban J connectivity index is 2.37. The van der Waals surface area contributed by atoms with Gasteiger partial charge in [-0.2, -0.15) is 0 Å². The minimum atomic E-state index is -0.420. The van der Waals surface area contributed by atoms with Crippen LogP contribution >= 0.6 is 22.9 Å². The standard InChI is InChI=1S/C17H9ClFNOS/c1-8-3-2-4-10-13-15(21)11-7-9(19)5-6-12(11)22-16(13)17(18)20-14(8)10/h2-7H,1H3. The topological polar surface area (TPSA) is 30.0 Å². The summed E-state index contributed by atoms with van der Waals surface area (Å²) in [5, 5.41) is 1.96. The van der Waals surface area contributed by atoms with Gasteiger partial charge in [0.05, 0.1) is 15.6 Å². The van der Waals surface area contributed by atoms with Crippen LogP contribution in [0.4, 0.5) is 4.39 Å². The molecule has 0 bridgehead atoms. The second-order valence-corrected chi connectivity index (χ2v) is 6.56. The molecule has 4 aromatic rings. The van der Waals surface area contributed by atoms with Crippen molar-refractivity contribution in [2.24, 2.45) is 0 Å². The average molecular weight is 330 g/mol. The summed E-state index contributed by atoms with van der Waals surface area (Å²) in [5.41, 5.74) is 1.45. The Morgan fingerprint density at radius 3 is 2.82 bits per heavy atom. The van der Waals surface area contributed by atoms with Crippen LogP contribution in [0.25, 0.3) is 31.1 Å². The molecule has 0 N–H and O–H groups in total. The lowest BCUT2D eigenvalue weighted by atomic mass is 10.1. The molecule has 2 aromatic heterocycles. The van der Waals surface area contributed by atoms with E-state index in [2.05, 4.69) is 4.98 Å². The molecule has 108 valence electrons. The van der Waals surface area contributed by atoms with E-state index >= 15 is 0 Å². The molecule has 0 amide bonds. The molecule has 22 heavy (non-hydrogen) atoms. The summed E-state index contributed by atoms with van der Waals surface area (Å²) in [6.45, 7) is 1.92. The molecule has 0 atom stereocenters. The second kappa shape index (κ2) is 4.73. The van der Waals surface area contributed by atoms with Gasteiger partial charge in [-0.3, -0.25) is 4.79 Å². The molecule has 0 aliphatic carbocycles. The maximum atomic E-state index is 13.5. The van der Waals surface area contributed by atoms with Gasteiger partial charge >= 0.3 is 0 Å². The highest BCUT2D eigenvalue weighted by Gasteiger charge is 2.15. The largest absolute Gasteiger partial charge is 0.288 e. The molecule has 2 heterocycles. The van der Waals surface area contributed by atoms with Crippen molar-refractivity contribution in [1.29, 1.82) is 0 Å². The zero-order valence-corrected chi connectivity index (χ0v) is 13.1. The first kappa shape index (κ1) is 13.6. The Bertz CT molecular complexity index is 1140. The van der Waals surface area contributed by atoms with E-state index in [9.17, 15) is 9.18 Å². The van der Waals surface area contributed by atoms with Crippen LogP contribution in [0.2, 0.25) is 5.15 Å². The number of hydrogen-bond acceptors (Lipinski definition) is 3. The SMILES string of the molecule is Cc1cccc2c1nc(Cl)c1sc3ccc(F)cc3c(=O)c12. The Labute approximate surface area is 133 Å². The van der Waals surface area contributed by atoms with Crippen molar-refractivity contribution in [2.75, 3.05) is 0 Å². The first-order valence-corrected chi connectivity index (χ1v) is 7.86. The summed E-state index contributed by atoms with van der Waals surface area (Å²) in [6.07, 6.45) is 0. The van der Waals surface area contributed by atoms with E-state index in [4.69, 9.17) is 11.6 Å². The first-order valence-electron chi connectivity index (χ1n) is 6.67. The lowest BCUT2D eigenvalue weighted by molar-refractivity contribution is 0.630. The van der Waals surface area contributed by atoms with E-state index in [-0.39, 0.29) is 5.43 Å². The predicted molar refractivity (Wildman–Crippen MR) is 90.6 cm³/mol. The van der Waals surface area contributed by atoms with Gasteiger partial charge < -0.3 is 0 Å². The highest BCUT2D eigenvalue weighted by atomic mass is 35.5. The van der Waals surface area contributed by atoms with Crippen molar-refractivity contribution in [3.8, 4) is 0 Å². The van der Waals surface area contributed by atoms with Crippen LogP contribution in [-0.2, 0) is 0 Å². The van der Waals surface area contributed by atoms with Gasteiger partial charge in [0.2, 0.25) is 0 Å². The van der Waals surface area contributed by atoms with Gasteiger partial charge in [0.1, 0.15) is 11.0 Å². The molecule has 4 rings (SSSR count). The van der Waals surface area contributed by atoms with Crippen LogP contribution in [-0.4, -0.2) is 4.98 Å². The highest BCUT2D eigenvalue weighted by Crippen LogP contribution is 2.34. The fourth-order valence-corrected chi connectivity index (χ4v) is 4.06. The molecule has 0 unspecified atom stereocenters. The minimum absolute atomic E-state index is 0.205. The number of hydrogen-bond donors (Lipinski definition) is 0. The van der Waals surface area contributed by atoms with Crippen LogP contribution in [0.3, 0.4) is 0 Å². The summed E-state index contributed by atoms with van der Waals surface area (Å²) in [5.74, 6) is -0.420. The van der Waals surface area contributed by atoms with Crippen molar-refractivity contribution in [1.82, 2.24) is 4.98 Å². The summed E-state index contributed by atoms with van der Waals surface area (Å²) in [7, 11) is 0. The Kier molecular flexibility index (Phi) is 2.93. The number of benzene rings is 2. The highest BCUT2D eigenvalue weighted by molar-refractivity contribution is 7.25. The van der Waals surface area contributed by atoms with Gasteiger partial charge in [-0.05, 0) is 30.7 Å². The zero-order valence-electron chi connectivity index (χ0n) is 11.5. The van der Waals surface area contributed by atoms with E-state index in [1.807, 2.05) is 25.1 Å². The smallest absolute Gasteiger partial charge is 0.196 e. The number of fused-ring (bicyclic) bond motifs is 4. The molecule has 0 saturated heterocycles. The van der Waals surface area contributed by atoms with Gasteiger partial charge in [0.25, 0.3) is 0 Å². The monoisotopic (exact) mass is 329 g/mol. The van der Waals surface area contributed by atoms with Crippen molar-refractivity contribution < 1.29 is 4.39 Å². The number of aryl methyl sites for hydroxylation is 1. The van der Waals surface area contributed by atoms with E-state index in [1.54, 1.807) is 6.07 Å². The first-order chi connectivity index (χ1) is 10.6. The minimum Gasteiger partial charge on any atom is -0.288 e. The summed E-state index contributed by atoms with van der Waals surface area (Å²) in [4.78, 5) is 17.3. The quantitative estimate of drug-likeness (QED) is 0.256. The van der Waals surface area contributed by atoms with E-state index in [0.29, 0.717) is 30.8 Å². The number of rotatable bonds is 0. The Morgan fingerprint density at radius 2 is 2.00 bits per heavy atom. The van der Waals surface area contributed by atoms with Gasteiger partial charge in [0, 0.05) is 15.5 Å². The van der Waals surface area contributed by atoms with Gasteiger partial charge in [0.15, 0.2) is 5.43 Å². The van der Waals surface area contributed by atoms with Crippen molar-refractivity contribution >= 4 is 54.0 Å². The molecule has 5 heteroatoms. The van der Waals surface area contributed by atoms with E-state index < -0.39 is 5.82 Å². The van der Waals surface area contributed by atoms with E-state index in [0.717, 1.165) is 10.9 Å². The van der Waals surface area contributed by atoms with Crippen LogP contribution in [0, 0.1) is 12.7 Å². The number of para-hydroxylation sites is 1. The lowest BCUT2D eigenvalue weighted by Gasteiger charge is -2.08. The molecule has 0 spiro atoms. The maximum absolute atomic E-state index is 13.5. The fourth-order valence-electron chi connectivity index (χ4n) is 2.72. The average Bonchev–Trinajstić information content (AvgIpc) is 2.49. The Morgan fingerprint density at radius 1 is 1.18 bits per heavy atom. The van der Waals surface area contributed by atoms with Gasteiger partial charge in [-0.25, -0.2) is 9.37 Å². The Hall–Kier alpha value is -2.04. The summed E-state index contributed by atoms with van der Waals surface area (Å²) in [6, 6.07) is 9.89. The number of pyridine rings is 1. The molecule has 0 aliphatic rings. The second-order valence-electron chi connectivity index (χ2n) is 5.15. The van der Waals surface area contributed by atoms with Crippen molar-refractivity contribution in [3.05, 3.63) is 63.2 Å². The number of halogens is 2. The summed E-state index contributed by atoms with van der Waals surface area (Å²) < 4.78 is 14.8. The maximum Gasteiger partial charge on any atom is 0.196 e. The molecular formula is C17H9ClFNOS. The normalized spacial score (nSPS) is 11.6. The molecule has 0 aliphatic heterocycles. The van der Waals surface area contributed by atoms with Crippen LogP contribution in [0.1, 0.15) is 5.56 Å². The predicted octanol–water partition coefficient (Wildman–Crippen LogP) is 5.06. The third kappa shape index (κ3) is 1.84. The zero-order chi connectivity index (χ0) is 15.4. The third-order valence-electron chi connectivity index (χ3n) is 3.76. The number of aromatic nitrogens is 1. The molecule has 2 nitrogen and oxygen atoms in total. The van der Waals surface area contributed by atoms with Crippen LogP contribution in [0.15, 0.2) is 41.2 Å². The number of nitrogens with zero attached hydrogens (tertiary/aromatic N) is 1.